The van der Waals surface area contributed by atoms with E-state index in [0.29, 0.717) is 37.3 Å². The van der Waals surface area contributed by atoms with Crippen LogP contribution in [0.15, 0.2) is 18.2 Å². The highest BCUT2D eigenvalue weighted by atomic mass is 19.1. The van der Waals surface area contributed by atoms with Crippen LogP contribution >= 0.6 is 0 Å². The molecule has 0 aliphatic carbocycles. The van der Waals surface area contributed by atoms with Crippen LogP contribution in [0.1, 0.15) is 48.8 Å². The second-order valence-corrected chi connectivity index (χ2v) is 6.72. The minimum absolute atomic E-state index is 0.146. The highest BCUT2D eigenvalue weighted by Gasteiger charge is 2.22. The highest BCUT2D eigenvalue weighted by Crippen LogP contribution is 2.24. The molecule has 0 saturated heterocycles. The van der Waals surface area contributed by atoms with Gasteiger partial charge in [-0.2, -0.15) is 5.10 Å². The largest absolute Gasteiger partial charge is 0.376 e. The number of nitrogens with zero attached hydrogens (tertiary/aromatic N) is 2. The van der Waals surface area contributed by atoms with Crippen molar-refractivity contribution in [3.05, 3.63) is 46.5 Å². The van der Waals surface area contributed by atoms with Crippen LogP contribution in [0.25, 0.3) is 0 Å². The lowest BCUT2D eigenvalue weighted by molar-refractivity contribution is -0.116. The van der Waals surface area contributed by atoms with E-state index in [1.54, 1.807) is 19.1 Å². The van der Waals surface area contributed by atoms with Gasteiger partial charge in [0.2, 0.25) is 5.91 Å². The van der Waals surface area contributed by atoms with Gasteiger partial charge in [0, 0.05) is 42.2 Å². The lowest BCUT2D eigenvalue weighted by Gasteiger charge is -2.16. The van der Waals surface area contributed by atoms with Crippen LogP contribution in [0.5, 0.6) is 0 Å². The number of nitrogens with one attached hydrogen (secondary N) is 1. The summed E-state index contributed by atoms with van der Waals surface area (Å²) in [5.41, 5.74) is 4.30. The van der Waals surface area contributed by atoms with Crippen LogP contribution in [0.3, 0.4) is 0 Å². The molecule has 0 atom stereocenters. The molecule has 1 aromatic heterocycles. The fourth-order valence-corrected chi connectivity index (χ4v) is 3.08. The molecular weight excluding hydrogens is 321 g/mol. The van der Waals surface area contributed by atoms with Gasteiger partial charge in [-0.25, -0.2) is 4.39 Å². The van der Waals surface area contributed by atoms with Crippen LogP contribution in [0, 0.1) is 12.7 Å². The van der Waals surface area contributed by atoms with Gasteiger partial charge in [-0.05, 0) is 38.5 Å². The molecular formula is C19H24FN3O2. The molecule has 0 fully saturated rings. The molecule has 6 heteroatoms. The molecule has 2 aromatic rings. The molecule has 0 spiro atoms. The molecule has 5 nitrogen and oxygen atoms in total. The number of amides is 1. The number of hydrogen-bond donors (Lipinski definition) is 1. The SMILES string of the molecule is Cc1ccc(NC(=O)CCc2nn(C(C)C)c3c2COCC3)cc1F. The Morgan fingerprint density at radius 1 is 1.44 bits per heavy atom. The molecule has 25 heavy (non-hydrogen) atoms. The Morgan fingerprint density at radius 3 is 2.96 bits per heavy atom. The van der Waals surface area contributed by atoms with E-state index in [9.17, 15) is 9.18 Å². The Hall–Kier alpha value is -2.21. The summed E-state index contributed by atoms with van der Waals surface area (Å²) in [7, 11) is 0. The number of fused-ring (bicyclic) bond motifs is 1. The summed E-state index contributed by atoms with van der Waals surface area (Å²) in [5, 5.41) is 7.44. The third-order valence-corrected chi connectivity index (χ3v) is 4.46. The first-order valence-electron chi connectivity index (χ1n) is 8.68. The van der Waals surface area contributed by atoms with Gasteiger partial charge < -0.3 is 10.1 Å². The minimum atomic E-state index is -0.320. The first kappa shape index (κ1) is 17.6. The molecule has 0 radical (unpaired) electrons. The second-order valence-electron chi connectivity index (χ2n) is 6.72. The number of halogens is 1. The number of benzene rings is 1. The molecule has 0 bridgehead atoms. The van der Waals surface area contributed by atoms with Gasteiger partial charge in [0.15, 0.2) is 0 Å². The number of hydrogen-bond acceptors (Lipinski definition) is 3. The van der Waals surface area contributed by atoms with Gasteiger partial charge in [-0.3, -0.25) is 9.48 Å². The highest BCUT2D eigenvalue weighted by molar-refractivity contribution is 5.90. The van der Waals surface area contributed by atoms with Crippen molar-refractivity contribution in [2.24, 2.45) is 0 Å². The zero-order valence-corrected chi connectivity index (χ0v) is 14.9. The van der Waals surface area contributed by atoms with E-state index in [1.165, 1.54) is 11.8 Å². The third kappa shape index (κ3) is 3.90. The zero-order valence-electron chi connectivity index (χ0n) is 14.9. The van der Waals surface area contributed by atoms with E-state index in [1.807, 2.05) is 4.68 Å². The van der Waals surface area contributed by atoms with Crippen molar-refractivity contribution < 1.29 is 13.9 Å². The van der Waals surface area contributed by atoms with Gasteiger partial charge in [0.05, 0.1) is 18.9 Å². The van der Waals surface area contributed by atoms with Crippen molar-refractivity contribution in [1.29, 1.82) is 0 Å². The Labute approximate surface area is 147 Å². The standard InChI is InChI=1S/C19H24FN3O2/c1-12(2)23-18-8-9-25-11-15(18)17(22-23)6-7-19(24)21-14-5-4-13(3)16(20)10-14/h4-5,10,12H,6-9,11H2,1-3H3,(H,21,24). The van der Waals surface area contributed by atoms with Gasteiger partial charge in [0.25, 0.3) is 0 Å². The molecule has 0 saturated carbocycles. The first-order chi connectivity index (χ1) is 12.0. The summed E-state index contributed by atoms with van der Waals surface area (Å²) in [6, 6.07) is 4.99. The Balaban J connectivity index is 1.67. The molecule has 1 aromatic carbocycles. The number of rotatable bonds is 5. The van der Waals surface area contributed by atoms with Crippen LogP contribution < -0.4 is 5.32 Å². The van der Waals surface area contributed by atoms with E-state index >= 15 is 0 Å². The van der Waals surface area contributed by atoms with E-state index in [4.69, 9.17) is 9.84 Å². The summed E-state index contributed by atoms with van der Waals surface area (Å²) < 4.78 is 21.2. The zero-order chi connectivity index (χ0) is 18.0. The monoisotopic (exact) mass is 345 g/mol. The number of anilines is 1. The summed E-state index contributed by atoms with van der Waals surface area (Å²) in [6.45, 7) is 7.17. The first-order valence-corrected chi connectivity index (χ1v) is 8.68. The molecule has 1 aliphatic rings. The topological polar surface area (TPSA) is 56.2 Å². The van der Waals surface area contributed by atoms with Gasteiger partial charge >= 0.3 is 0 Å². The molecule has 2 heterocycles. The third-order valence-electron chi connectivity index (χ3n) is 4.46. The molecule has 3 rings (SSSR count). The number of ether oxygens (including phenoxy) is 1. The number of aromatic nitrogens is 2. The maximum Gasteiger partial charge on any atom is 0.224 e. The van der Waals surface area contributed by atoms with Gasteiger partial charge in [0.1, 0.15) is 5.82 Å². The molecule has 1 N–H and O–H groups in total. The van der Waals surface area contributed by atoms with E-state index in [0.717, 1.165) is 17.7 Å². The number of carbonyl (C=O) groups excluding carboxylic acids is 1. The molecule has 1 amide bonds. The predicted molar refractivity (Wildman–Crippen MR) is 94.1 cm³/mol. The maximum absolute atomic E-state index is 13.6. The van der Waals surface area contributed by atoms with Crippen LogP contribution in [0.2, 0.25) is 0 Å². The Morgan fingerprint density at radius 2 is 2.24 bits per heavy atom. The van der Waals surface area contributed by atoms with Crippen molar-refractivity contribution in [2.75, 3.05) is 11.9 Å². The van der Waals surface area contributed by atoms with Gasteiger partial charge in [-0.1, -0.05) is 6.07 Å². The van der Waals surface area contributed by atoms with Crippen LogP contribution in [-0.2, 0) is 29.0 Å². The predicted octanol–water partition coefficient (Wildman–Crippen LogP) is 3.56. The van der Waals surface area contributed by atoms with E-state index < -0.39 is 0 Å². The smallest absolute Gasteiger partial charge is 0.224 e. The molecule has 1 aliphatic heterocycles. The van der Waals surface area contributed by atoms with Crippen LogP contribution in [-0.4, -0.2) is 22.3 Å². The summed E-state index contributed by atoms with van der Waals surface area (Å²) in [4.78, 5) is 12.2. The molecule has 0 unspecified atom stereocenters. The van der Waals surface area contributed by atoms with Crippen molar-refractivity contribution in [1.82, 2.24) is 9.78 Å². The van der Waals surface area contributed by atoms with Crippen molar-refractivity contribution in [2.45, 2.75) is 52.7 Å². The van der Waals surface area contributed by atoms with Crippen molar-refractivity contribution >= 4 is 11.6 Å². The van der Waals surface area contributed by atoms with Crippen molar-refractivity contribution in [3.63, 3.8) is 0 Å². The average Bonchev–Trinajstić information content (AvgIpc) is 2.95. The quantitative estimate of drug-likeness (QED) is 0.901. The lowest BCUT2D eigenvalue weighted by atomic mass is 10.1. The van der Waals surface area contributed by atoms with E-state index in [2.05, 4.69) is 19.2 Å². The summed E-state index contributed by atoms with van der Waals surface area (Å²) >= 11 is 0. The Kier molecular flexibility index (Phi) is 5.18. The lowest BCUT2D eigenvalue weighted by Crippen LogP contribution is -2.15. The summed E-state index contributed by atoms with van der Waals surface area (Å²) in [5.74, 6) is -0.465. The minimum Gasteiger partial charge on any atom is -0.376 e. The maximum atomic E-state index is 13.6. The van der Waals surface area contributed by atoms with Crippen LogP contribution in [0.4, 0.5) is 10.1 Å². The fraction of sp³-hybridized carbons (Fsp3) is 0.474. The Bertz CT molecular complexity index is 783. The van der Waals surface area contributed by atoms with E-state index in [-0.39, 0.29) is 17.8 Å². The fourth-order valence-electron chi connectivity index (χ4n) is 3.08. The summed E-state index contributed by atoms with van der Waals surface area (Å²) in [6.07, 6.45) is 1.71. The second kappa shape index (κ2) is 7.35. The number of aryl methyl sites for hydroxylation is 2. The normalized spacial score (nSPS) is 13.8. The van der Waals surface area contributed by atoms with Gasteiger partial charge in [-0.15, -0.1) is 0 Å². The van der Waals surface area contributed by atoms with Crippen molar-refractivity contribution in [3.8, 4) is 0 Å². The number of carbonyl (C=O) groups is 1. The average molecular weight is 345 g/mol. The molecule has 134 valence electrons.